The highest BCUT2D eigenvalue weighted by Gasteiger charge is 2.19. The predicted molar refractivity (Wildman–Crippen MR) is 82.5 cm³/mol. The summed E-state index contributed by atoms with van der Waals surface area (Å²) in [6.45, 7) is 0. The van der Waals surface area contributed by atoms with E-state index in [1.54, 1.807) is 31.4 Å². The van der Waals surface area contributed by atoms with Gasteiger partial charge in [-0.3, -0.25) is 4.79 Å². The molecule has 0 amide bonds. The van der Waals surface area contributed by atoms with Gasteiger partial charge in [-0.15, -0.1) is 0 Å². The van der Waals surface area contributed by atoms with Crippen LogP contribution in [-0.2, 0) is 0 Å². The molecule has 0 aliphatic carbocycles. The lowest BCUT2D eigenvalue weighted by molar-refractivity contribution is 0.103. The highest BCUT2D eigenvalue weighted by Crippen LogP contribution is 2.22. The molecule has 5 nitrogen and oxygen atoms in total. The van der Waals surface area contributed by atoms with Crippen molar-refractivity contribution in [3.63, 3.8) is 0 Å². The summed E-state index contributed by atoms with van der Waals surface area (Å²) in [5, 5.41) is 0. The first-order chi connectivity index (χ1) is 10.7. The van der Waals surface area contributed by atoms with Crippen molar-refractivity contribution < 1.29 is 14.3 Å². The molecule has 1 aromatic heterocycles. The molecule has 0 aliphatic rings. The normalized spacial score (nSPS) is 10.5. The highest BCUT2D eigenvalue weighted by atomic mass is 16.5. The number of rotatable bonds is 4. The molecule has 22 heavy (non-hydrogen) atoms. The maximum Gasteiger partial charge on any atom is 0.244 e. The van der Waals surface area contributed by atoms with Crippen LogP contribution in [0.5, 0.6) is 11.6 Å². The summed E-state index contributed by atoms with van der Waals surface area (Å²) in [7, 11) is 3.05. The molecule has 3 rings (SSSR count). The second-order valence-corrected chi connectivity index (χ2v) is 4.63. The highest BCUT2D eigenvalue weighted by molar-refractivity contribution is 6.09. The zero-order valence-corrected chi connectivity index (χ0v) is 12.2. The lowest BCUT2D eigenvalue weighted by Crippen LogP contribution is -2.08. The number of para-hydroxylation sites is 2. The average molecular weight is 294 g/mol. The number of fused-ring (bicyclic) bond motifs is 1. The van der Waals surface area contributed by atoms with Gasteiger partial charge in [0.25, 0.3) is 0 Å². The minimum Gasteiger partial charge on any atom is -0.497 e. The maximum atomic E-state index is 12.6. The van der Waals surface area contributed by atoms with Crippen molar-refractivity contribution in [1.29, 1.82) is 0 Å². The van der Waals surface area contributed by atoms with Crippen LogP contribution in [0.15, 0.2) is 48.5 Å². The lowest BCUT2D eigenvalue weighted by atomic mass is 10.1. The molecule has 0 N–H and O–H groups in total. The van der Waals surface area contributed by atoms with Crippen LogP contribution >= 0.6 is 0 Å². The zero-order chi connectivity index (χ0) is 15.5. The molecule has 0 bridgehead atoms. The van der Waals surface area contributed by atoms with Gasteiger partial charge in [-0.1, -0.05) is 12.1 Å². The van der Waals surface area contributed by atoms with Crippen LogP contribution in [0.4, 0.5) is 0 Å². The maximum absolute atomic E-state index is 12.6. The Hall–Kier alpha value is -2.95. The molecule has 1 heterocycles. The molecule has 3 aromatic rings. The second-order valence-electron chi connectivity index (χ2n) is 4.63. The quantitative estimate of drug-likeness (QED) is 0.692. The SMILES string of the molecule is COc1ccc(C(=O)c2nc3ccccc3nc2OC)cc1. The van der Waals surface area contributed by atoms with Crippen LogP contribution in [0.25, 0.3) is 11.0 Å². The van der Waals surface area contributed by atoms with E-state index in [0.29, 0.717) is 22.3 Å². The van der Waals surface area contributed by atoms with E-state index in [1.165, 1.54) is 7.11 Å². The molecule has 5 heteroatoms. The van der Waals surface area contributed by atoms with Crippen molar-refractivity contribution in [2.45, 2.75) is 0 Å². The molecule has 0 saturated carbocycles. The molecule has 0 saturated heterocycles. The van der Waals surface area contributed by atoms with E-state index in [0.717, 1.165) is 0 Å². The monoisotopic (exact) mass is 294 g/mol. The molecule has 0 spiro atoms. The van der Waals surface area contributed by atoms with E-state index < -0.39 is 0 Å². The zero-order valence-electron chi connectivity index (χ0n) is 12.2. The van der Waals surface area contributed by atoms with Crippen LogP contribution < -0.4 is 9.47 Å². The summed E-state index contributed by atoms with van der Waals surface area (Å²) < 4.78 is 10.3. The number of ether oxygens (including phenoxy) is 2. The van der Waals surface area contributed by atoms with Crippen molar-refractivity contribution in [2.24, 2.45) is 0 Å². The van der Waals surface area contributed by atoms with Gasteiger partial charge in [0.1, 0.15) is 5.75 Å². The summed E-state index contributed by atoms with van der Waals surface area (Å²) in [5.41, 5.74) is 2.04. The Morgan fingerprint density at radius 3 is 2.09 bits per heavy atom. The Morgan fingerprint density at radius 2 is 1.50 bits per heavy atom. The third-order valence-electron chi connectivity index (χ3n) is 3.30. The molecule has 0 aliphatic heterocycles. The molecule has 0 unspecified atom stereocenters. The smallest absolute Gasteiger partial charge is 0.244 e. The van der Waals surface area contributed by atoms with Gasteiger partial charge in [-0.05, 0) is 36.4 Å². The van der Waals surface area contributed by atoms with Crippen LogP contribution in [0.3, 0.4) is 0 Å². The average Bonchev–Trinajstić information content (AvgIpc) is 2.60. The standard InChI is InChI=1S/C17H14N2O3/c1-21-12-9-7-11(8-10-12)16(20)15-17(22-2)19-14-6-4-3-5-13(14)18-15/h3-10H,1-2H3. The van der Waals surface area contributed by atoms with Gasteiger partial charge in [0.15, 0.2) is 5.69 Å². The fourth-order valence-electron chi connectivity index (χ4n) is 2.15. The fourth-order valence-corrected chi connectivity index (χ4v) is 2.15. The van der Waals surface area contributed by atoms with E-state index in [9.17, 15) is 4.79 Å². The van der Waals surface area contributed by atoms with E-state index in [1.807, 2.05) is 24.3 Å². The Morgan fingerprint density at radius 1 is 0.864 bits per heavy atom. The van der Waals surface area contributed by atoms with Gasteiger partial charge in [0.2, 0.25) is 11.7 Å². The van der Waals surface area contributed by atoms with Gasteiger partial charge >= 0.3 is 0 Å². The number of benzene rings is 2. The summed E-state index contributed by atoms with van der Waals surface area (Å²) in [6, 6.07) is 14.2. The van der Waals surface area contributed by atoms with Gasteiger partial charge in [0.05, 0.1) is 25.3 Å². The van der Waals surface area contributed by atoms with Crippen LogP contribution in [-0.4, -0.2) is 30.0 Å². The summed E-state index contributed by atoms with van der Waals surface area (Å²) in [5.74, 6) is 0.672. The van der Waals surface area contributed by atoms with Crippen LogP contribution in [0.1, 0.15) is 16.1 Å². The third-order valence-corrected chi connectivity index (χ3v) is 3.30. The molecule has 110 valence electrons. The minimum atomic E-state index is -0.238. The van der Waals surface area contributed by atoms with Gasteiger partial charge in [0, 0.05) is 5.56 Å². The van der Waals surface area contributed by atoms with Gasteiger partial charge < -0.3 is 9.47 Å². The first kappa shape index (κ1) is 14.0. The molecule has 0 atom stereocenters. The minimum absolute atomic E-state index is 0.200. The Kier molecular flexibility index (Phi) is 3.70. The summed E-state index contributed by atoms with van der Waals surface area (Å²) in [6.07, 6.45) is 0. The Bertz CT molecular complexity index is 829. The molecular weight excluding hydrogens is 280 g/mol. The summed E-state index contributed by atoms with van der Waals surface area (Å²) >= 11 is 0. The van der Waals surface area contributed by atoms with Crippen molar-refractivity contribution in [1.82, 2.24) is 9.97 Å². The molecule has 2 aromatic carbocycles. The first-order valence-corrected chi connectivity index (χ1v) is 6.72. The first-order valence-electron chi connectivity index (χ1n) is 6.72. The van der Waals surface area contributed by atoms with E-state index in [2.05, 4.69) is 9.97 Å². The molecule has 0 radical (unpaired) electrons. The Labute approximate surface area is 127 Å². The number of methoxy groups -OCH3 is 2. The number of aromatic nitrogens is 2. The largest absolute Gasteiger partial charge is 0.497 e. The topological polar surface area (TPSA) is 61.3 Å². The Balaban J connectivity index is 2.08. The van der Waals surface area contributed by atoms with E-state index >= 15 is 0 Å². The number of carbonyl (C=O) groups is 1. The van der Waals surface area contributed by atoms with Gasteiger partial charge in [-0.25, -0.2) is 9.97 Å². The number of carbonyl (C=O) groups excluding carboxylic acids is 1. The van der Waals surface area contributed by atoms with Crippen molar-refractivity contribution in [3.8, 4) is 11.6 Å². The summed E-state index contributed by atoms with van der Waals surface area (Å²) in [4.78, 5) is 21.4. The number of hydrogen-bond acceptors (Lipinski definition) is 5. The molecule has 0 fully saturated rings. The number of hydrogen-bond donors (Lipinski definition) is 0. The van der Waals surface area contributed by atoms with Gasteiger partial charge in [-0.2, -0.15) is 0 Å². The van der Waals surface area contributed by atoms with Crippen molar-refractivity contribution >= 4 is 16.8 Å². The van der Waals surface area contributed by atoms with Crippen molar-refractivity contribution in [2.75, 3.05) is 14.2 Å². The number of ketones is 1. The predicted octanol–water partition coefficient (Wildman–Crippen LogP) is 2.88. The lowest BCUT2D eigenvalue weighted by Gasteiger charge is -2.08. The van der Waals surface area contributed by atoms with Crippen LogP contribution in [0.2, 0.25) is 0 Å². The number of nitrogens with zero attached hydrogens (tertiary/aromatic N) is 2. The third kappa shape index (κ3) is 2.48. The second kappa shape index (κ2) is 5.81. The van der Waals surface area contributed by atoms with Crippen LogP contribution in [0, 0.1) is 0 Å². The fraction of sp³-hybridized carbons (Fsp3) is 0.118. The van der Waals surface area contributed by atoms with E-state index in [-0.39, 0.29) is 17.4 Å². The molecular formula is C17H14N2O3. The van der Waals surface area contributed by atoms with E-state index in [4.69, 9.17) is 9.47 Å². The van der Waals surface area contributed by atoms with Crippen molar-refractivity contribution in [3.05, 3.63) is 59.8 Å².